The second kappa shape index (κ2) is 13.0. The number of halogens is 2. The molecule has 4 N–H and O–H groups in total. The number of carbonyl (C=O) groups excluding carboxylic acids is 3. The van der Waals surface area contributed by atoms with E-state index in [1.165, 1.54) is 0 Å². The van der Waals surface area contributed by atoms with E-state index >= 15 is 0 Å². The molecule has 0 bridgehead atoms. The average molecular weight is 561 g/mol. The zero-order valence-corrected chi connectivity index (χ0v) is 22.4. The average Bonchev–Trinajstić information content (AvgIpc) is 2.90. The maximum Gasteiger partial charge on any atom is 0.255 e. The Bertz CT molecular complexity index is 1440. The number of hydrogen-bond acceptors (Lipinski definition) is 4. The Morgan fingerprint density at radius 1 is 0.718 bits per heavy atom. The topological polar surface area (TPSA) is 105 Å². The van der Waals surface area contributed by atoms with Crippen LogP contribution in [0.4, 0.5) is 17.1 Å². The van der Waals surface area contributed by atoms with Crippen molar-refractivity contribution in [1.82, 2.24) is 4.90 Å². The van der Waals surface area contributed by atoms with Crippen LogP contribution in [0.1, 0.15) is 27.9 Å². The first kappa shape index (κ1) is 27.7. The second-order valence-corrected chi connectivity index (χ2v) is 9.73. The quantitative estimate of drug-likeness (QED) is 0.163. The first-order valence-corrected chi connectivity index (χ1v) is 12.8. The van der Waals surface area contributed by atoms with E-state index in [9.17, 15) is 14.4 Å². The molecule has 4 aromatic rings. The highest BCUT2D eigenvalue weighted by molar-refractivity contribution is 6.30. The molecule has 3 amide bonds. The number of para-hydroxylation sites is 2. The van der Waals surface area contributed by atoms with Crippen LogP contribution in [0.2, 0.25) is 10.0 Å². The van der Waals surface area contributed by atoms with Crippen molar-refractivity contribution in [3.63, 3.8) is 0 Å². The Balaban J connectivity index is 1.39. The highest BCUT2D eigenvalue weighted by Crippen LogP contribution is 2.20. The molecular weight excluding hydrogens is 535 g/mol. The van der Waals surface area contributed by atoms with E-state index in [1.807, 2.05) is 24.3 Å². The minimum atomic E-state index is -0.476. The van der Waals surface area contributed by atoms with Crippen LogP contribution in [0.3, 0.4) is 0 Å². The molecule has 0 saturated carbocycles. The van der Waals surface area contributed by atoms with E-state index in [2.05, 4.69) is 10.6 Å². The molecule has 39 heavy (non-hydrogen) atoms. The zero-order chi connectivity index (χ0) is 27.8. The fourth-order valence-electron chi connectivity index (χ4n) is 3.91. The summed E-state index contributed by atoms with van der Waals surface area (Å²) in [4.78, 5) is 40.1. The number of amides is 3. The Labute approximate surface area is 236 Å². The summed E-state index contributed by atoms with van der Waals surface area (Å²) in [7, 11) is 0. The van der Waals surface area contributed by atoms with Gasteiger partial charge in [0, 0.05) is 34.4 Å². The number of hydrogen-bond donors (Lipinski definition) is 3. The van der Waals surface area contributed by atoms with E-state index in [0.717, 1.165) is 11.1 Å². The Morgan fingerprint density at radius 3 is 1.87 bits per heavy atom. The molecule has 198 valence electrons. The fraction of sp³-hybridized carbons (Fsp3) is 0.100. The zero-order valence-electron chi connectivity index (χ0n) is 20.9. The molecule has 0 aromatic heterocycles. The Kier molecular flexibility index (Phi) is 9.20. The minimum Gasteiger partial charge on any atom is -0.397 e. The lowest BCUT2D eigenvalue weighted by Crippen LogP contribution is -2.33. The van der Waals surface area contributed by atoms with Gasteiger partial charge in [-0.15, -0.1) is 0 Å². The van der Waals surface area contributed by atoms with Gasteiger partial charge in [0.15, 0.2) is 0 Å². The van der Waals surface area contributed by atoms with Crippen molar-refractivity contribution < 1.29 is 14.4 Å². The van der Waals surface area contributed by atoms with Crippen molar-refractivity contribution >= 4 is 58.0 Å². The Hall–Kier alpha value is -4.33. The second-order valence-electron chi connectivity index (χ2n) is 8.85. The third-order valence-electron chi connectivity index (χ3n) is 5.83. The van der Waals surface area contributed by atoms with Crippen LogP contribution in [-0.4, -0.2) is 22.6 Å². The molecule has 0 fully saturated rings. The van der Waals surface area contributed by atoms with Gasteiger partial charge in [-0.25, -0.2) is 0 Å². The summed E-state index contributed by atoms with van der Waals surface area (Å²) in [6.45, 7) is 0.545. The van der Waals surface area contributed by atoms with Gasteiger partial charge in [-0.05, 0) is 71.8 Å². The molecule has 0 aliphatic carbocycles. The van der Waals surface area contributed by atoms with Crippen molar-refractivity contribution in [2.24, 2.45) is 0 Å². The van der Waals surface area contributed by atoms with Crippen LogP contribution >= 0.6 is 23.2 Å². The lowest BCUT2D eigenvalue weighted by atomic mass is 10.1. The largest absolute Gasteiger partial charge is 0.397 e. The van der Waals surface area contributed by atoms with Crippen LogP contribution in [0.15, 0.2) is 97.1 Å². The summed E-state index contributed by atoms with van der Waals surface area (Å²) >= 11 is 12.3. The number of nitrogens with one attached hydrogen (secondary N) is 2. The molecule has 0 saturated heterocycles. The van der Waals surface area contributed by atoms with Crippen LogP contribution in [0, 0.1) is 0 Å². The number of anilines is 3. The molecule has 0 aliphatic heterocycles. The predicted molar refractivity (Wildman–Crippen MR) is 156 cm³/mol. The SMILES string of the molecule is Nc1ccccc1NC(=O)c1ccc(NC(=O)CC(=O)N(Cc2cccc(Cl)c2)Cc2cccc(Cl)c2)cc1. The first-order valence-electron chi connectivity index (χ1n) is 12.1. The van der Waals surface area contributed by atoms with Crippen molar-refractivity contribution in [3.05, 3.63) is 124 Å². The van der Waals surface area contributed by atoms with Crippen molar-refractivity contribution in [1.29, 1.82) is 0 Å². The van der Waals surface area contributed by atoms with Gasteiger partial charge < -0.3 is 21.3 Å². The molecule has 0 heterocycles. The van der Waals surface area contributed by atoms with Gasteiger partial charge in [-0.1, -0.05) is 59.6 Å². The molecular formula is C30H26Cl2N4O3. The monoisotopic (exact) mass is 560 g/mol. The lowest BCUT2D eigenvalue weighted by molar-refractivity contribution is -0.135. The van der Waals surface area contributed by atoms with Crippen LogP contribution < -0.4 is 16.4 Å². The first-order chi connectivity index (χ1) is 18.8. The molecule has 7 nitrogen and oxygen atoms in total. The van der Waals surface area contributed by atoms with E-state index < -0.39 is 5.91 Å². The van der Waals surface area contributed by atoms with Gasteiger partial charge in [0.25, 0.3) is 5.91 Å². The molecule has 9 heteroatoms. The summed E-state index contributed by atoms with van der Waals surface area (Å²) in [5, 5.41) is 6.59. The third-order valence-corrected chi connectivity index (χ3v) is 6.30. The van der Waals surface area contributed by atoms with E-state index in [4.69, 9.17) is 28.9 Å². The van der Waals surface area contributed by atoms with E-state index in [-0.39, 0.29) is 31.3 Å². The normalized spacial score (nSPS) is 10.5. The fourth-order valence-corrected chi connectivity index (χ4v) is 4.33. The summed E-state index contributed by atoms with van der Waals surface area (Å²) in [6, 6.07) is 27.8. The summed E-state index contributed by atoms with van der Waals surface area (Å²) in [5.41, 5.74) is 9.37. The van der Waals surface area contributed by atoms with Gasteiger partial charge in [0.1, 0.15) is 6.42 Å². The number of carbonyl (C=O) groups is 3. The molecule has 0 atom stereocenters. The third kappa shape index (κ3) is 8.07. The smallest absolute Gasteiger partial charge is 0.255 e. The van der Waals surface area contributed by atoms with E-state index in [1.54, 1.807) is 77.7 Å². The van der Waals surface area contributed by atoms with Crippen molar-refractivity contribution in [3.8, 4) is 0 Å². The van der Waals surface area contributed by atoms with Crippen molar-refractivity contribution in [2.45, 2.75) is 19.5 Å². The number of nitrogen functional groups attached to an aromatic ring is 1. The van der Waals surface area contributed by atoms with Crippen molar-refractivity contribution in [2.75, 3.05) is 16.4 Å². The molecule has 0 spiro atoms. The number of benzene rings is 4. The molecule has 0 aliphatic rings. The molecule has 4 aromatic carbocycles. The Morgan fingerprint density at radius 2 is 1.31 bits per heavy atom. The van der Waals surface area contributed by atoms with Gasteiger partial charge in [-0.3, -0.25) is 14.4 Å². The summed E-state index contributed by atoms with van der Waals surface area (Å²) < 4.78 is 0. The highest BCUT2D eigenvalue weighted by atomic mass is 35.5. The van der Waals surface area contributed by atoms with Gasteiger partial charge in [-0.2, -0.15) is 0 Å². The molecule has 0 radical (unpaired) electrons. The van der Waals surface area contributed by atoms with Crippen LogP contribution in [-0.2, 0) is 22.7 Å². The lowest BCUT2D eigenvalue weighted by Gasteiger charge is -2.23. The maximum atomic E-state index is 13.2. The van der Waals surface area contributed by atoms with Crippen LogP contribution in [0.5, 0.6) is 0 Å². The predicted octanol–water partition coefficient (Wildman–Crippen LogP) is 6.39. The van der Waals surface area contributed by atoms with Gasteiger partial charge >= 0.3 is 0 Å². The minimum absolute atomic E-state index is 0.273. The maximum absolute atomic E-state index is 13.2. The van der Waals surface area contributed by atoms with Crippen LogP contribution in [0.25, 0.3) is 0 Å². The summed E-state index contributed by atoms with van der Waals surface area (Å²) in [6.07, 6.45) is -0.364. The number of nitrogens with zero attached hydrogens (tertiary/aromatic N) is 1. The molecule has 0 unspecified atom stereocenters. The summed E-state index contributed by atoms with van der Waals surface area (Å²) in [5.74, 6) is -1.17. The molecule has 4 rings (SSSR count). The van der Waals surface area contributed by atoms with Gasteiger partial charge in [0.05, 0.1) is 11.4 Å². The number of nitrogens with two attached hydrogens (primary N) is 1. The standard InChI is InChI=1S/C30H26Cl2N4O3/c31-23-7-3-5-20(15-23)18-36(19-21-6-4-8-24(32)16-21)29(38)17-28(37)34-25-13-11-22(12-14-25)30(39)35-27-10-2-1-9-26(27)33/h1-16H,17-19,33H2,(H,34,37)(H,35,39). The number of rotatable bonds is 9. The van der Waals surface area contributed by atoms with Gasteiger partial charge in [0.2, 0.25) is 11.8 Å². The highest BCUT2D eigenvalue weighted by Gasteiger charge is 2.19. The van der Waals surface area contributed by atoms with E-state index in [0.29, 0.717) is 32.7 Å².